The number of para-hydroxylation sites is 1. The topological polar surface area (TPSA) is 255 Å². The third-order valence-electron chi connectivity index (χ3n) is 6.57. The molecule has 0 fully saturated rings. The molecular formula is C35H46Cl2F3N4O13PS2. The van der Waals surface area contributed by atoms with Crippen molar-refractivity contribution in [2.75, 3.05) is 62.0 Å². The molecule has 0 radical (unpaired) electrons. The van der Waals surface area contributed by atoms with Gasteiger partial charge in [-0.2, -0.15) is 13.2 Å². The van der Waals surface area contributed by atoms with E-state index in [0.717, 1.165) is 47.5 Å². The van der Waals surface area contributed by atoms with Crippen LogP contribution in [0.2, 0.25) is 5.02 Å². The number of aliphatic carboxylic acids is 1. The van der Waals surface area contributed by atoms with Crippen LogP contribution in [0.3, 0.4) is 0 Å². The molecule has 1 unspecified atom stereocenters. The maximum Gasteiger partial charge on any atom is 0.416 e. The number of sulfonamides is 1. The molecule has 0 saturated carbocycles. The number of carboxylic acids is 1. The smallest absolute Gasteiger partial charge is 0.416 e. The molecule has 0 saturated heterocycles. The van der Waals surface area contributed by atoms with E-state index in [-0.39, 0.29) is 30.0 Å². The van der Waals surface area contributed by atoms with Crippen molar-refractivity contribution in [1.82, 2.24) is 10.0 Å². The number of anilines is 1. The molecule has 60 heavy (non-hydrogen) atoms. The summed E-state index contributed by atoms with van der Waals surface area (Å²) in [4.78, 5) is 63.5. The fraction of sp³-hybridized carbons (Fsp3) is 0.400. The van der Waals surface area contributed by atoms with Crippen molar-refractivity contribution in [3.63, 3.8) is 0 Å². The Balaban J connectivity index is 0.000000925. The first-order chi connectivity index (χ1) is 27.6. The van der Waals surface area contributed by atoms with E-state index >= 15 is 0 Å². The first-order valence-corrected chi connectivity index (χ1v) is 23.9. The number of carbonyl (C=O) groups is 3. The highest BCUT2D eigenvalue weighted by molar-refractivity contribution is 7.94. The number of rotatable bonds is 15. The summed E-state index contributed by atoms with van der Waals surface area (Å²) in [5.41, 5.74) is 0.782. The fourth-order valence-corrected chi connectivity index (χ4v) is 5.45. The Kier molecular flexibility index (Phi) is 24.6. The first-order valence-electron chi connectivity index (χ1n) is 16.9. The van der Waals surface area contributed by atoms with E-state index in [1.165, 1.54) is 0 Å². The molecule has 1 atom stereocenters. The number of carboxylic acid groups (broad SMARTS) is 1. The second-order valence-corrected chi connectivity index (χ2v) is 18.7. The standard InChI is InChI=1S/C15H10ClF3N2O6S.C14H20ClNO2.C3H8NO5P.C3H9S/c1-28(25,26)20-14(22)10-7-9(3-4-12(10)21(23)24)27-13-5-2-8(6-11(13)16)15(17,18)19;1-4-12-8-6-7-11(3)14(12)16(10-18-5-2)13(17)9-15;5-3(6)1-4-2-10(7,8)9;1-4(2)3/h2-7H,1H3,(H,20,22);6-8H,4-5,9-10H2,1-3H3;4H,1-2H2,(H,5,6)(H2,7,8,9);1-3H3/q;;;+1/p-1. The number of nitrogens with one attached hydrogen (secondary N) is 2. The Morgan fingerprint density at radius 1 is 1.07 bits per heavy atom. The lowest BCUT2D eigenvalue weighted by atomic mass is 10.0. The van der Waals surface area contributed by atoms with Crippen LogP contribution in [-0.2, 0) is 52.4 Å². The molecule has 25 heteroatoms. The molecule has 2 amide bonds. The number of amides is 2. The summed E-state index contributed by atoms with van der Waals surface area (Å²) in [6.07, 6.45) is 2.81. The molecule has 0 spiro atoms. The molecule has 4 N–H and O–H groups in total. The number of halogens is 5. The van der Waals surface area contributed by atoms with Gasteiger partial charge in [0.05, 0.1) is 59.1 Å². The fourth-order valence-electron chi connectivity index (χ4n) is 4.24. The van der Waals surface area contributed by atoms with Gasteiger partial charge in [0.15, 0.2) is 0 Å². The highest BCUT2D eigenvalue weighted by Gasteiger charge is 2.31. The van der Waals surface area contributed by atoms with Gasteiger partial charge in [-0.3, -0.25) is 34.7 Å². The summed E-state index contributed by atoms with van der Waals surface area (Å²) in [6.45, 7) is 6.31. The monoisotopic (exact) mass is 952 g/mol. The zero-order valence-corrected chi connectivity index (χ0v) is 37.4. The van der Waals surface area contributed by atoms with E-state index in [2.05, 4.69) is 25.7 Å². The molecule has 0 aliphatic heterocycles. The zero-order valence-electron chi connectivity index (χ0n) is 33.4. The molecule has 336 valence electrons. The van der Waals surface area contributed by atoms with Gasteiger partial charge in [-0.1, -0.05) is 36.7 Å². The zero-order chi connectivity index (χ0) is 46.6. The summed E-state index contributed by atoms with van der Waals surface area (Å²) in [5, 5.41) is 20.6. The van der Waals surface area contributed by atoms with E-state index < -0.39 is 75.3 Å². The molecule has 3 aromatic rings. The lowest BCUT2D eigenvalue weighted by Gasteiger charge is -2.25. The quantitative estimate of drug-likeness (QED) is 0.0365. The van der Waals surface area contributed by atoms with Gasteiger partial charge in [0.25, 0.3) is 11.6 Å². The Morgan fingerprint density at radius 2 is 1.67 bits per heavy atom. The molecule has 0 aromatic heterocycles. The average Bonchev–Trinajstić information content (AvgIpc) is 3.11. The van der Waals surface area contributed by atoms with Crippen molar-refractivity contribution in [3.8, 4) is 11.5 Å². The molecule has 3 rings (SSSR count). The molecule has 0 heterocycles. The molecule has 0 aliphatic carbocycles. The first kappa shape index (κ1) is 56.0. The van der Waals surface area contributed by atoms with E-state index in [0.29, 0.717) is 35.9 Å². The van der Waals surface area contributed by atoms with Crippen LogP contribution >= 0.6 is 30.8 Å². The van der Waals surface area contributed by atoms with Crippen LogP contribution < -0.4 is 24.6 Å². The second kappa shape index (κ2) is 26.4. The summed E-state index contributed by atoms with van der Waals surface area (Å²) in [5.74, 6) is -3.02. The SMILES string of the molecule is CCOCN(C(=O)CCl)c1c(C)cccc1CC.CS(=O)(=O)NC(=O)c1cc(Oc2ccc(C(F)(F)F)cc2Cl)ccc1[N+](=O)[O-].C[S+](C)C.O=C(O)CNCP(=O)([O-])O. The van der Waals surface area contributed by atoms with Crippen molar-refractivity contribution in [2.45, 2.75) is 33.4 Å². The van der Waals surface area contributed by atoms with Gasteiger partial charge in [-0.25, -0.2) is 13.1 Å². The molecule has 3 aromatic carbocycles. The van der Waals surface area contributed by atoms with Gasteiger partial charge in [-0.05, 0) is 66.6 Å². The lowest BCUT2D eigenvalue weighted by Crippen LogP contribution is -2.35. The minimum absolute atomic E-state index is 0.0371. The predicted molar refractivity (Wildman–Crippen MR) is 223 cm³/mol. The molecular weight excluding hydrogens is 907 g/mol. The Bertz CT molecular complexity index is 2070. The van der Waals surface area contributed by atoms with Gasteiger partial charge in [0.2, 0.25) is 15.9 Å². The van der Waals surface area contributed by atoms with Crippen LogP contribution in [0.4, 0.5) is 24.5 Å². The number of nitro groups is 1. The van der Waals surface area contributed by atoms with E-state index in [4.69, 9.17) is 42.7 Å². The molecule has 0 bridgehead atoms. The predicted octanol–water partition coefficient (Wildman–Crippen LogP) is 5.53. The van der Waals surface area contributed by atoms with E-state index in [9.17, 15) is 55.5 Å². The minimum atomic E-state index is -4.62. The minimum Gasteiger partial charge on any atom is -0.778 e. The summed E-state index contributed by atoms with van der Waals surface area (Å²) in [7, 11) is -7.71. The number of nitro benzene ring substituents is 1. The van der Waals surface area contributed by atoms with Crippen LogP contribution in [0.1, 0.15) is 40.9 Å². The number of nitrogens with zero attached hydrogens (tertiary/aromatic N) is 2. The number of benzene rings is 3. The number of hydrogen-bond donors (Lipinski definition) is 4. The lowest BCUT2D eigenvalue weighted by molar-refractivity contribution is -0.385. The third-order valence-corrected chi connectivity index (χ3v) is 8.28. The van der Waals surface area contributed by atoms with Gasteiger partial charge in [-0.15, -0.1) is 11.6 Å². The Hall–Kier alpha value is -3.99. The Morgan fingerprint density at radius 3 is 2.12 bits per heavy atom. The number of ether oxygens (including phenoxy) is 2. The Labute approximate surface area is 358 Å². The van der Waals surface area contributed by atoms with Crippen LogP contribution in [0.25, 0.3) is 0 Å². The van der Waals surface area contributed by atoms with Gasteiger partial charge in [0.1, 0.15) is 37.3 Å². The molecule has 0 aliphatic rings. The number of carbonyl (C=O) groups excluding carboxylic acids is 2. The van der Waals surface area contributed by atoms with Crippen LogP contribution in [0.15, 0.2) is 54.6 Å². The number of aryl methyl sites for hydroxylation is 2. The second-order valence-electron chi connectivity index (χ2n) is 12.2. The van der Waals surface area contributed by atoms with Gasteiger partial charge in [0, 0.05) is 18.7 Å². The van der Waals surface area contributed by atoms with E-state index in [1.807, 2.05) is 37.4 Å². The van der Waals surface area contributed by atoms with Gasteiger partial charge < -0.3 is 28.9 Å². The third kappa shape index (κ3) is 22.6. The number of hydrogen-bond acceptors (Lipinski definition) is 12. The van der Waals surface area contributed by atoms with Crippen molar-refractivity contribution >= 4 is 80.9 Å². The summed E-state index contributed by atoms with van der Waals surface area (Å²) >= 11 is 11.4. The van der Waals surface area contributed by atoms with Crippen LogP contribution in [-0.4, -0.2) is 98.2 Å². The highest BCUT2D eigenvalue weighted by atomic mass is 35.5. The van der Waals surface area contributed by atoms with Crippen molar-refractivity contribution in [1.29, 1.82) is 0 Å². The van der Waals surface area contributed by atoms with Crippen LogP contribution in [0, 0.1) is 17.0 Å². The van der Waals surface area contributed by atoms with Crippen molar-refractivity contribution in [2.24, 2.45) is 0 Å². The van der Waals surface area contributed by atoms with Gasteiger partial charge >= 0.3 is 12.1 Å². The van der Waals surface area contributed by atoms with Crippen molar-refractivity contribution in [3.05, 3.63) is 92.0 Å². The summed E-state index contributed by atoms with van der Waals surface area (Å²) in [6, 6.07) is 11.1. The van der Waals surface area contributed by atoms with E-state index in [1.54, 1.807) is 9.62 Å². The molecule has 17 nitrogen and oxygen atoms in total. The average molecular weight is 954 g/mol. The maximum absolute atomic E-state index is 12.7. The van der Waals surface area contributed by atoms with Crippen molar-refractivity contribution < 1.29 is 69.8 Å². The highest BCUT2D eigenvalue weighted by Crippen LogP contribution is 2.37. The normalized spacial score (nSPS) is 11.9. The maximum atomic E-state index is 12.7. The number of alkyl halides is 4. The summed E-state index contributed by atoms with van der Waals surface area (Å²) < 4.78 is 82.6. The van der Waals surface area contributed by atoms with Crippen LogP contribution in [0.5, 0.6) is 11.5 Å². The largest absolute Gasteiger partial charge is 0.778 e.